The van der Waals surface area contributed by atoms with E-state index >= 15 is 0 Å². The molecule has 1 saturated heterocycles. The highest BCUT2D eigenvalue weighted by Gasteiger charge is 2.37. The number of hydrogen-bond donors (Lipinski definition) is 2. The lowest BCUT2D eigenvalue weighted by molar-refractivity contribution is -0.135. The molecule has 6 nitrogen and oxygen atoms in total. The van der Waals surface area contributed by atoms with E-state index in [0.29, 0.717) is 18.1 Å². The molecule has 1 aliphatic carbocycles. The number of amides is 2. The van der Waals surface area contributed by atoms with Crippen molar-refractivity contribution in [2.24, 2.45) is 11.7 Å². The van der Waals surface area contributed by atoms with Crippen molar-refractivity contribution >= 4 is 29.1 Å². The summed E-state index contributed by atoms with van der Waals surface area (Å²) < 4.78 is 0. The number of benzene rings is 1. The minimum Gasteiger partial charge on any atom is -0.368 e. The van der Waals surface area contributed by atoms with Gasteiger partial charge < -0.3 is 20.9 Å². The Morgan fingerprint density at radius 2 is 2.00 bits per heavy atom. The van der Waals surface area contributed by atoms with E-state index in [1.807, 2.05) is 36.1 Å². The quantitative estimate of drug-likeness (QED) is 0.821. The van der Waals surface area contributed by atoms with Gasteiger partial charge in [-0.05, 0) is 38.0 Å². The topological polar surface area (TPSA) is 78.7 Å². The largest absolute Gasteiger partial charge is 0.368 e. The predicted octanol–water partition coefficient (Wildman–Crippen LogP) is 2.01. The number of carbonyl (C=O) groups excluding carboxylic acids is 2. The first-order valence-corrected chi connectivity index (χ1v) is 10.1. The minimum absolute atomic E-state index is 0.0383. The minimum atomic E-state index is -0.478. The van der Waals surface area contributed by atoms with E-state index in [1.54, 1.807) is 0 Å². The van der Waals surface area contributed by atoms with Crippen molar-refractivity contribution in [3.05, 3.63) is 29.3 Å². The second kappa shape index (κ2) is 8.48. The molecule has 2 aliphatic rings. The molecule has 148 valence electrons. The zero-order chi connectivity index (χ0) is 19.4. The molecule has 1 saturated carbocycles. The van der Waals surface area contributed by atoms with Crippen molar-refractivity contribution in [1.29, 1.82) is 0 Å². The number of carbonyl (C=O) groups is 2. The Morgan fingerprint density at radius 1 is 1.26 bits per heavy atom. The van der Waals surface area contributed by atoms with Gasteiger partial charge in [0.1, 0.15) is 0 Å². The maximum absolute atomic E-state index is 12.5. The van der Waals surface area contributed by atoms with Gasteiger partial charge >= 0.3 is 0 Å². The lowest BCUT2D eigenvalue weighted by Crippen LogP contribution is -2.55. The van der Waals surface area contributed by atoms with Crippen molar-refractivity contribution in [3.63, 3.8) is 0 Å². The molecule has 0 radical (unpaired) electrons. The number of rotatable bonds is 4. The molecule has 2 fully saturated rings. The van der Waals surface area contributed by atoms with Gasteiger partial charge in [0.2, 0.25) is 11.8 Å². The van der Waals surface area contributed by atoms with E-state index < -0.39 is 5.54 Å². The zero-order valence-corrected chi connectivity index (χ0v) is 16.7. The number of hydrogen-bond acceptors (Lipinski definition) is 4. The molecule has 1 aromatic rings. The average molecular weight is 393 g/mol. The van der Waals surface area contributed by atoms with Crippen LogP contribution in [0, 0.1) is 5.92 Å². The van der Waals surface area contributed by atoms with Gasteiger partial charge in [-0.15, -0.1) is 0 Å². The summed E-state index contributed by atoms with van der Waals surface area (Å²) in [7, 11) is 0. The first-order valence-electron chi connectivity index (χ1n) is 9.72. The monoisotopic (exact) mass is 392 g/mol. The van der Waals surface area contributed by atoms with Gasteiger partial charge in [0.15, 0.2) is 0 Å². The maximum atomic E-state index is 12.5. The number of nitrogens with zero attached hydrogens (tertiary/aromatic N) is 2. The molecule has 7 heteroatoms. The summed E-state index contributed by atoms with van der Waals surface area (Å²) >= 11 is 6.06. The van der Waals surface area contributed by atoms with Gasteiger partial charge in [-0.3, -0.25) is 9.59 Å². The van der Waals surface area contributed by atoms with E-state index in [0.717, 1.165) is 44.5 Å². The third kappa shape index (κ3) is 4.93. The molecule has 0 aromatic heterocycles. The van der Waals surface area contributed by atoms with Crippen molar-refractivity contribution in [2.45, 2.75) is 38.1 Å². The third-order valence-electron chi connectivity index (χ3n) is 5.79. The molecule has 1 aliphatic heterocycles. The number of halogens is 1. The van der Waals surface area contributed by atoms with Gasteiger partial charge in [0, 0.05) is 42.4 Å². The van der Waals surface area contributed by atoms with Crippen LogP contribution in [0.2, 0.25) is 5.02 Å². The van der Waals surface area contributed by atoms with Gasteiger partial charge in [0.05, 0.1) is 12.5 Å². The van der Waals surface area contributed by atoms with Gasteiger partial charge in [-0.2, -0.15) is 0 Å². The summed E-state index contributed by atoms with van der Waals surface area (Å²) in [6.45, 7) is 4.77. The molecule has 2 amide bonds. The van der Waals surface area contributed by atoms with Crippen LogP contribution in [0.1, 0.15) is 32.6 Å². The number of nitrogens with one attached hydrogen (secondary N) is 1. The standard InChI is InChI=1S/C20H29ClN4O2/c1-20(22)8-3-2-7-17(20)19(27)23-14-18(26)25-11-9-24(10-12-25)16-6-4-5-15(21)13-16/h4-6,13,17H,2-3,7-12,14,22H2,1H3,(H,23,27). The first kappa shape index (κ1) is 20.0. The van der Waals surface area contributed by atoms with Crippen LogP contribution in [0.15, 0.2) is 24.3 Å². The molecule has 2 unspecified atom stereocenters. The second-order valence-corrected chi connectivity index (χ2v) is 8.31. The van der Waals surface area contributed by atoms with E-state index in [2.05, 4.69) is 10.2 Å². The Balaban J connectivity index is 1.46. The van der Waals surface area contributed by atoms with E-state index in [1.165, 1.54) is 0 Å². The van der Waals surface area contributed by atoms with Crippen LogP contribution in [0.4, 0.5) is 5.69 Å². The van der Waals surface area contributed by atoms with Crippen molar-refractivity contribution in [2.75, 3.05) is 37.6 Å². The molecule has 1 heterocycles. The van der Waals surface area contributed by atoms with Gasteiger partial charge in [-0.25, -0.2) is 0 Å². The van der Waals surface area contributed by atoms with Gasteiger partial charge in [-0.1, -0.05) is 30.5 Å². The van der Waals surface area contributed by atoms with Crippen LogP contribution in [0.25, 0.3) is 0 Å². The van der Waals surface area contributed by atoms with Crippen molar-refractivity contribution in [3.8, 4) is 0 Å². The Labute approximate surface area is 166 Å². The van der Waals surface area contributed by atoms with E-state index in [4.69, 9.17) is 17.3 Å². The summed E-state index contributed by atoms with van der Waals surface area (Å²) in [5.41, 5.74) is 6.88. The van der Waals surface area contributed by atoms with E-state index in [-0.39, 0.29) is 24.3 Å². The highest BCUT2D eigenvalue weighted by atomic mass is 35.5. The maximum Gasteiger partial charge on any atom is 0.242 e. The number of piperazine rings is 1. The summed E-state index contributed by atoms with van der Waals surface area (Å²) in [6, 6.07) is 7.75. The SMILES string of the molecule is CC1(N)CCCCC1C(=O)NCC(=O)N1CCN(c2cccc(Cl)c2)CC1. The second-order valence-electron chi connectivity index (χ2n) is 7.87. The first-order chi connectivity index (χ1) is 12.9. The van der Waals surface area contributed by atoms with Crippen LogP contribution >= 0.6 is 11.6 Å². The smallest absolute Gasteiger partial charge is 0.242 e. The lowest BCUT2D eigenvalue weighted by Gasteiger charge is -2.38. The Bertz CT molecular complexity index is 686. The number of nitrogens with two attached hydrogens (primary N) is 1. The van der Waals surface area contributed by atoms with Gasteiger partial charge in [0.25, 0.3) is 0 Å². The molecular formula is C20H29ClN4O2. The van der Waals surface area contributed by atoms with E-state index in [9.17, 15) is 9.59 Å². The molecule has 3 N–H and O–H groups in total. The lowest BCUT2D eigenvalue weighted by atomic mass is 9.74. The highest BCUT2D eigenvalue weighted by Crippen LogP contribution is 2.31. The fraction of sp³-hybridized carbons (Fsp3) is 0.600. The summed E-state index contributed by atoms with van der Waals surface area (Å²) in [4.78, 5) is 29.0. The normalized spacial score (nSPS) is 26.0. The molecule has 3 rings (SSSR count). The Morgan fingerprint density at radius 3 is 2.67 bits per heavy atom. The summed E-state index contributed by atoms with van der Waals surface area (Å²) in [5, 5.41) is 3.53. The fourth-order valence-corrected chi connectivity index (χ4v) is 4.26. The third-order valence-corrected chi connectivity index (χ3v) is 6.03. The molecule has 0 spiro atoms. The van der Waals surface area contributed by atoms with Crippen LogP contribution in [-0.4, -0.2) is 55.0 Å². The summed E-state index contributed by atoms with van der Waals surface area (Å²) in [6.07, 6.45) is 3.73. The van der Waals surface area contributed by atoms with Crippen molar-refractivity contribution in [1.82, 2.24) is 10.2 Å². The van der Waals surface area contributed by atoms with Crippen LogP contribution in [0.3, 0.4) is 0 Å². The Kier molecular flexibility index (Phi) is 6.27. The zero-order valence-electron chi connectivity index (χ0n) is 15.9. The van der Waals surface area contributed by atoms with Crippen LogP contribution < -0.4 is 16.0 Å². The molecule has 1 aromatic carbocycles. The average Bonchev–Trinajstić information content (AvgIpc) is 2.65. The molecule has 2 atom stereocenters. The molecule has 0 bridgehead atoms. The molecular weight excluding hydrogens is 364 g/mol. The predicted molar refractivity (Wildman–Crippen MR) is 108 cm³/mol. The Hall–Kier alpha value is -1.79. The number of anilines is 1. The molecule has 27 heavy (non-hydrogen) atoms. The van der Waals surface area contributed by atoms with Crippen molar-refractivity contribution < 1.29 is 9.59 Å². The highest BCUT2D eigenvalue weighted by molar-refractivity contribution is 6.30. The van der Waals surface area contributed by atoms with Crippen LogP contribution in [-0.2, 0) is 9.59 Å². The fourth-order valence-electron chi connectivity index (χ4n) is 4.07. The van der Waals surface area contributed by atoms with Crippen LogP contribution in [0.5, 0.6) is 0 Å². The summed E-state index contributed by atoms with van der Waals surface area (Å²) in [5.74, 6) is -0.340.